The van der Waals surface area contributed by atoms with E-state index in [1.807, 2.05) is 0 Å². The van der Waals surface area contributed by atoms with Gasteiger partial charge in [0.15, 0.2) is 0 Å². The molecule has 0 spiro atoms. The normalized spacial score (nSPS) is 14.1. The average Bonchev–Trinajstić information content (AvgIpc) is 3.21. The molecule has 0 radical (unpaired) electrons. The van der Waals surface area contributed by atoms with E-state index in [2.05, 4.69) is 15.5 Å². The Labute approximate surface area is 149 Å². The number of benzene rings is 1. The fraction of sp³-hybridized carbons (Fsp3) is 0.294. The number of rotatable bonds is 6. The number of β-amino-alcohol motifs (C(OH)–C–C–N with tert-alkyl or cyclic N) is 1. The molecule has 0 fully saturated rings. The molecule has 1 aliphatic heterocycles. The third-order valence-corrected chi connectivity index (χ3v) is 3.89. The van der Waals surface area contributed by atoms with Gasteiger partial charge in [-0.1, -0.05) is 5.16 Å². The third-order valence-electron chi connectivity index (χ3n) is 3.89. The van der Waals surface area contributed by atoms with Gasteiger partial charge >= 0.3 is 5.97 Å². The maximum Gasteiger partial charge on any atom is 0.337 e. The molecule has 0 aliphatic carbocycles. The summed E-state index contributed by atoms with van der Waals surface area (Å²) in [5.41, 5.74) is 1.75. The van der Waals surface area contributed by atoms with Crippen LogP contribution in [0.4, 0.5) is 5.69 Å². The van der Waals surface area contributed by atoms with Crippen molar-refractivity contribution >= 4 is 17.6 Å². The summed E-state index contributed by atoms with van der Waals surface area (Å²) in [7, 11) is 1.26. The van der Waals surface area contributed by atoms with Crippen LogP contribution in [0.1, 0.15) is 5.89 Å². The Bertz CT molecular complexity index is 856. The molecule has 1 aromatic heterocycles. The van der Waals surface area contributed by atoms with Gasteiger partial charge in [0.1, 0.15) is 5.70 Å². The zero-order chi connectivity index (χ0) is 18.7. The second-order valence-corrected chi connectivity index (χ2v) is 5.63. The van der Waals surface area contributed by atoms with Crippen molar-refractivity contribution in [2.45, 2.75) is 6.92 Å². The number of amides is 1. The van der Waals surface area contributed by atoms with Crippen molar-refractivity contribution in [2.24, 2.45) is 0 Å². The van der Waals surface area contributed by atoms with E-state index in [-0.39, 0.29) is 36.9 Å². The number of aryl methyl sites for hydroxylation is 1. The van der Waals surface area contributed by atoms with Crippen LogP contribution < -0.4 is 5.32 Å². The molecule has 0 saturated heterocycles. The second-order valence-electron chi connectivity index (χ2n) is 5.63. The van der Waals surface area contributed by atoms with Crippen LogP contribution in [0.5, 0.6) is 0 Å². The second kappa shape index (κ2) is 7.36. The van der Waals surface area contributed by atoms with Gasteiger partial charge in [-0.15, -0.1) is 0 Å². The van der Waals surface area contributed by atoms with Crippen LogP contribution in [-0.2, 0) is 14.3 Å². The lowest BCUT2D eigenvalue weighted by molar-refractivity contribution is -0.136. The highest BCUT2D eigenvalue weighted by Gasteiger charge is 2.34. The molecule has 0 bridgehead atoms. The van der Waals surface area contributed by atoms with Crippen molar-refractivity contribution in [2.75, 3.05) is 32.1 Å². The summed E-state index contributed by atoms with van der Waals surface area (Å²) < 4.78 is 9.70. The van der Waals surface area contributed by atoms with Gasteiger partial charge in [0, 0.05) is 24.7 Å². The quantitative estimate of drug-likeness (QED) is 0.725. The van der Waals surface area contributed by atoms with Gasteiger partial charge in [-0.25, -0.2) is 4.79 Å². The lowest BCUT2D eigenvalue weighted by Crippen LogP contribution is -2.31. The van der Waals surface area contributed by atoms with Gasteiger partial charge in [-0.05, 0) is 24.3 Å². The Kier molecular flexibility index (Phi) is 4.99. The molecule has 3 rings (SSSR count). The summed E-state index contributed by atoms with van der Waals surface area (Å²) >= 11 is 0. The molecule has 2 aromatic rings. The standard InChI is InChI=1S/C17H18N4O5/c1-10-18-15(20-26-10)11-3-5-12(6-4-11)19-14-13(17(24)25-2)9-21(7-8-22)16(14)23/h3-6,19,22H,7-9H2,1-2H3. The lowest BCUT2D eigenvalue weighted by atomic mass is 10.2. The van der Waals surface area contributed by atoms with E-state index >= 15 is 0 Å². The first-order valence-corrected chi connectivity index (χ1v) is 7.93. The van der Waals surface area contributed by atoms with Crippen LogP contribution in [0.25, 0.3) is 11.4 Å². The Hall–Kier alpha value is -3.20. The van der Waals surface area contributed by atoms with Crippen molar-refractivity contribution in [3.8, 4) is 11.4 Å². The van der Waals surface area contributed by atoms with Crippen LogP contribution in [0.2, 0.25) is 0 Å². The van der Waals surface area contributed by atoms with Crippen LogP contribution >= 0.6 is 0 Å². The zero-order valence-corrected chi connectivity index (χ0v) is 14.4. The smallest absolute Gasteiger partial charge is 0.337 e. The Morgan fingerprint density at radius 2 is 2.12 bits per heavy atom. The minimum Gasteiger partial charge on any atom is -0.466 e. The largest absolute Gasteiger partial charge is 0.466 e. The molecule has 0 atom stereocenters. The number of hydrogen-bond donors (Lipinski definition) is 2. The van der Waals surface area contributed by atoms with E-state index in [4.69, 9.17) is 14.4 Å². The minimum absolute atomic E-state index is 0.0919. The first-order valence-electron chi connectivity index (χ1n) is 7.93. The van der Waals surface area contributed by atoms with Crippen molar-refractivity contribution in [3.63, 3.8) is 0 Å². The zero-order valence-electron chi connectivity index (χ0n) is 14.4. The molecular formula is C17H18N4O5. The SMILES string of the molecule is COC(=O)C1=C(Nc2ccc(-c3noc(C)n3)cc2)C(=O)N(CCO)C1. The number of aliphatic hydroxyl groups excluding tert-OH is 1. The van der Waals surface area contributed by atoms with E-state index in [0.29, 0.717) is 17.4 Å². The summed E-state index contributed by atoms with van der Waals surface area (Å²) in [4.78, 5) is 30.0. The molecule has 9 heteroatoms. The number of esters is 1. The Balaban J connectivity index is 1.83. The van der Waals surface area contributed by atoms with Gasteiger partial charge in [-0.3, -0.25) is 4.79 Å². The Morgan fingerprint density at radius 1 is 1.38 bits per heavy atom. The summed E-state index contributed by atoms with van der Waals surface area (Å²) in [5.74, 6) is -0.0114. The van der Waals surface area contributed by atoms with Crippen LogP contribution in [0.15, 0.2) is 40.1 Å². The van der Waals surface area contributed by atoms with Crippen molar-refractivity contribution < 1.29 is 24.0 Å². The summed E-state index contributed by atoms with van der Waals surface area (Å²) in [6.45, 7) is 1.75. The fourth-order valence-corrected chi connectivity index (χ4v) is 2.61. The van der Waals surface area contributed by atoms with E-state index in [1.54, 1.807) is 31.2 Å². The van der Waals surface area contributed by atoms with Crippen molar-refractivity contribution in [3.05, 3.63) is 41.4 Å². The predicted molar refractivity (Wildman–Crippen MR) is 90.8 cm³/mol. The lowest BCUT2D eigenvalue weighted by Gasteiger charge is -2.15. The first-order chi connectivity index (χ1) is 12.5. The predicted octanol–water partition coefficient (Wildman–Crippen LogP) is 0.719. The number of hydrogen-bond acceptors (Lipinski definition) is 8. The van der Waals surface area contributed by atoms with Crippen LogP contribution in [0.3, 0.4) is 0 Å². The van der Waals surface area contributed by atoms with Gasteiger partial charge in [0.2, 0.25) is 11.7 Å². The molecule has 1 amide bonds. The van der Waals surface area contributed by atoms with Crippen LogP contribution in [0, 0.1) is 6.92 Å². The number of methoxy groups -OCH3 is 1. The number of carbonyl (C=O) groups is 2. The molecule has 26 heavy (non-hydrogen) atoms. The summed E-state index contributed by atoms with van der Waals surface area (Å²) in [6, 6.07) is 7.03. The minimum atomic E-state index is -0.583. The van der Waals surface area contributed by atoms with Crippen LogP contribution in [-0.4, -0.2) is 58.8 Å². The Morgan fingerprint density at radius 3 is 2.69 bits per heavy atom. The molecule has 0 unspecified atom stereocenters. The number of ether oxygens (including phenoxy) is 1. The first kappa shape index (κ1) is 17.6. The molecule has 1 aromatic carbocycles. The monoisotopic (exact) mass is 358 g/mol. The maximum absolute atomic E-state index is 12.5. The van der Waals surface area contributed by atoms with Crippen molar-refractivity contribution in [1.29, 1.82) is 0 Å². The average molecular weight is 358 g/mol. The van der Waals surface area contributed by atoms with Gasteiger partial charge in [0.05, 0.1) is 25.8 Å². The van der Waals surface area contributed by atoms with E-state index < -0.39 is 5.97 Å². The highest BCUT2D eigenvalue weighted by atomic mass is 16.5. The number of carbonyl (C=O) groups excluding carboxylic acids is 2. The molecule has 2 heterocycles. The highest BCUT2D eigenvalue weighted by Crippen LogP contribution is 2.24. The summed E-state index contributed by atoms with van der Waals surface area (Å²) in [5, 5.41) is 15.9. The number of anilines is 1. The maximum atomic E-state index is 12.5. The molecular weight excluding hydrogens is 340 g/mol. The molecule has 1 aliphatic rings. The fourth-order valence-electron chi connectivity index (χ4n) is 2.61. The molecule has 136 valence electrons. The van der Waals surface area contributed by atoms with E-state index in [1.165, 1.54) is 12.0 Å². The van der Waals surface area contributed by atoms with Gasteiger partial charge in [-0.2, -0.15) is 4.98 Å². The van der Waals surface area contributed by atoms with Crippen molar-refractivity contribution in [1.82, 2.24) is 15.0 Å². The highest BCUT2D eigenvalue weighted by molar-refractivity contribution is 6.08. The number of aliphatic hydroxyl groups is 1. The number of nitrogens with zero attached hydrogens (tertiary/aromatic N) is 3. The third kappa shape index (κ3) is 3.42. The van der Waals surface area contributed by atoms with E-state index in [0.717, 1.165) is 5.56 Å². The van der Waals surface area contributed by atoms with Gasteiger partial charge < -0.3 is 24.6 Å². The summed E-state index contributed by atoms with van der Waals surface area (Å²) in [6.07, 6.45) is 0. The number of aromatic nitrogens is 2. The molecule has 0 saturated carbocycles. The topological polar surface area (TPSA) is 118 Å². The molecule has 2 N–H and O–H groups in total. The number of nitrogens with one attached hydrogen (secondary N) is 1. The molecule has 9 nitrogen and oxygen atoms in total. The van der Waals surface area contributed by atoms with Gasteiger partial charge in [0.25, 0.3) is 5.91 Å². The van der Waals surface area contributed by atoms with E-state index in [9.17, 15) is 9.59 Å².